The summed E-state index contributed by atoms with van der Waals surface area (Å²) in [6.07, 6.45) is 2.40. The Hall–Kier alpha value is -3.61. The number of carbonyl (C=O) groups excluding carboxylic acids is 1. The standard InChI is InChI=1S/C22H18ClN3O5S/c1-13-5-7-16(11-18(13)23)31-22-19(24-2)9-15(12-25-22)17-8-6-14(10-20(17)30-3)21(27)26-32(4,28)29/h5-12H,1,3-4H3,(H,26,27). The first-order valence-electron chi connectivity index (χ1n) is 9.13. The van der Waals surface area contributed by atoms with E-state index in [1.54, 1.807) is 30.3 Å². The molecule has 1 aromatic heterocycles. The first-order chi connectivity index (χ1) is 15.1. The Labute approximate surface area is 190 Å². The molecule has 0 bridgehead atoms. The Kier molecular flexibility index (Phi) is 6.67. The lowest BCUT2D eigenvalue weighted by Crippen LogP contribution is -2.29. The molecule has 1 N–H and O–H groups in total. The SMILES string of the molecule is [C-]#[N+]c1cc(-c2ccc(C(=O)NS(C)(=O)=O)cc2OC)cnc1Oc1ccc(C)c(Cl)c1. The van der Waals surface area contributed by atoms with E-state index in [4.69, 9.17) is 27.6 Å². The zero-order valence-electron chi connectivity index (χ0n) is 17.3. The van der Waals surface area contributed by atoms with Gasteiger partial charge in [0.25, 0.3) is 5.91 Å². The molecule has 0 unspecified atom stereocenters. The Morgan fingerprint density at radius 2 is 1.94 bits per heavy atom. The molecule has 164 valence electrons. The molecule has 3 aromatic rings. The summed E-state index contributed by atoms with van der Waals surface area (Å²) in [4.78, 5) is 19.9. The number of ether oxygens (including phenoxy) is 2. The number of methoxy groups -OCH3 is 1. The van der Waals surface area contributed by atoms with E-state index in [1.807, 2.05) is 11.6 Å². The van der Waals surface area contributed by atoms with E-state index in [0.717, 1.165) is 11.8 Å². The van der Waals surface area contributed by atoms with Gasteiger partial charge in [-0.3, -0.25) is 4.79 Å². The molecule has 0 aliphatic heterocycles. The fourth-order valence-electron chi connectivity index (χ4n) is 2.79. The van der Waals surface area contributed by atoms with Crippen LogP contribution in [-0.4, -0.2) is 32.7 Å². The summed E-state index contributed by atoms with van der Waals surface area (Å²) in [5.74, 6) is 0.0945. The fourth-order valence-corrected chi connectivity index (χ4v) is 3.42. The van der Waals surface area contributed by atoms with Crippen LogP contribution in [0.25, 0.3) is 16.0 Å². The number of rotatable bonds is 6. The summed E-state index contributed by atoms with van der Waals surface area (Å²) < 4.78 is 35.6. The summed E-state index contributed by atoms with van der Waals surface area (Å²) in [5, 5.41) is 0.535. The van der Waals surface area contributed by atoms with Crippen molar-refractivity contribution < 1.29 is 22.7 Å². The minimum atomic E-state index is -3.70. The van der Waals surface area contributed by atoms with E-state index in [0.29, 0.717) is 27.6 Å². The molecule has 2 aromatic carbocycles. The number of amides is 1. The maximum Gasteiger partial charge on any atom is 0.264 e. The van der Waals surface area contributed by atoms with Crippen molar-refractivity contribution in [2.75, 3.05) is 13.4 Å². The summed E-state index contributed by atoms with van der Waals surface area (Å²) in [7, 11) is -2.29. The van der Waals surface area contributed by atoms with Crippen molar-refractivity contribution in [2.24, 2.45) is 0 Å². The number of sulfonamides is 1. The highest BCUT2D eigenvalue weighted by atomic mass is 35.5. The lowest BCUT2D eigenvalue weighted by Gasteiger charge is -2.13. The molecule has 0 radical (unpaired) electrons. The second-order valence-corrected chi connectivity index (χ2v) is 8.95. The first kappa shape index (κ1) is 23.1. The van der Waals surface area contributed by atoms with Crippen molar-refractivity contribution in [3.8, 4) is 28.5 Å². The molecule has 10 heteroatoms. The van der Waals surface area contributed by atoms with Gasteiger partial charge in [-0.15, -0.1) is 0 Å². The van der Waals surface area contributed by atoms with Crippen LogP contribution in [0, 0.1) is 13.5 Å². The van der Waals surface area contributed by atoms with Crippen LogP contribution in [0.4, 0.5) is 5.69 Å². The van der Waals surface area contributed by atoms with Crippen LogP contribution in [0.3, 0.4) is 0 Å². The van der Waals surface area contributed by atoms with Crippen molar-refractivity contribution >= 4 is 33.2 Å². The smallest absolute Gasteiger partial charge is 0.264 e. The number of nitrogens with one attached hydrogen (secondary N) is 1. The number of nitrogens with zero attached hydrogens (tertiary/aromatic N) is 2. The number of benzene rings is 2. The van der Waals surface area contributed by atoms with E-state index in [-0.39, 0.29) is 17.1 Å². The minimum Gasteiger partial charge on any atom is -0.496 e. The Morgan fingerprint density at radius 1 is 1.19 bits per heavy atom. The maximum atomic E-state index is 12.1. The number of carbonyl (C=O) groups is 1. The summed E-state index contributed by atoms with van der Waals surface area (Å²) in [6, 6.07) is 11.2. The van der Waals surface area contributed by atoms with Crippen molar-refractivity contribution in [1.82, 2.24) is 9.71 Å². The predicted octanol–water partition coefficient (Wildman–Crippen LogP) is 4.75. The van der Waals surface area contributed by atoms with Crippen LogP contribution in [0.1, 0.15) is 15.9 Å². The third kappa shape index (κ3) is 5.35. The fraction of sp³-hybridized carbons (Fsp3) is 0.136. The second kappa shape index (κ2) is 9.26. The highest BCUT2D eigenvalue weighted by Crippen LogP contribution is 2.37. The lowest BCUT2D eigenvalue weighted by molar-refractivity contribution is 0.0981. The van der Waals surface area contributed by atoms with Crippen LogP contribution >= 0.6 is 11.6 Å². The predicted molar refractivity (Wildman–Crippen MR) is 121 cm³/mol. The van der Waals surface area contributed by atoms with Gasteiger partial charge >= 0.3 is 0 Å². The largest absolute Gasteiger partial charge is 0.496 e. The number of aromatic nitrogens is 1. The second-order valence-electron chi connectivity index (χ2n) is 6.79. The van der Waals surface area contributed by atoms with Gasteiger partial charge in [0.05, 0.1) is 19.9 Å². The molecule has 0 spiro atoms. The van der Waals surface area contributed by atoms with Crippen LogP contribution < -0.4 is 14.2 Å². The number of aryl methyl sites for hydroxylation is 1. The third-order valence-electron chi connectivity index (χ3n) is 4.36. The molecule has 1 amide bonds. The normalized spacial score (nSPS) is 10.8. The van der Waals surface area contributed by atoms with E-state index in [2.05, 4.69) is 9.83 Å². The monoisotopic (exact) mass is 471 g/mol. The quantitative estimate of drug-likeness (QED) is 0.521. The Bertz CT molecular complexity index is 1350. The van der Waals surface area contributed by atoms with Crippen molar-refractivity contribution in [1.29, 1.82) is 0 Å². The van der Waals surface area contributed by atoms with Gasteiger partial charge in [-0.05, 0) is 54.4 Å². The minimum absolute atomic E-state index is 0.102. The number of halogens is 1. The topological polar surface area (TPSA) is 99.0 Å². The van der Waals surface area contributed by atoms with Gasteiger partial charge in [0, 0.05) is 22.3 Å². The van der Waals surface area contributed by atoms with Gasteiger partial charge in [0.15, 0.2) is 0 Å². The third-order valence-corrected chi connectivity index (χ3v) is 5.33. The molecular formula is C22H18ClN3O5S. The lowest BCUT2D eigenvalue weighted by atomic mass is 10.0. The number of hydrogen-bond donors (Lipinski definition) is 1. The molecule has 0 atom stereocenters. The molecule has 0 fully saturated rings. The Morgan fingerprint density at radius 3 is 2.56 bits per heavy atom. The van der Waals surface area contributed by atoms with Gasteiger partial charge in [-0.1, -0.05) is 17.7 Å². The molecule has 8 nitrogen and oxygen atoms in total. The van der Waals surface area contributed by atoms with E-state index in [1.165, 1.54) is 25.4 Å². The first-order valence-corrected chi connectivity index (χ1v) is 11.4. The van der Waals surface area contributed by atoms with Crippen molar-refractivity contribution in [3.05, 3.63) is 76.2 Å². The van der Waals surface area contributed by atoms with Gasteiger partial charge < -0.3 is 9.47 Å². The molecule has 0 aliphatic carbocycles. The van der Waals surface area contributed by atoms with Crippen LogP contribution in [0.15, 0.2) is 48.7 Å². The van der Waals surface area contributed by atoms with Gasteiger partial charge in [-0.25, -0.2) is 23.0 Å². The zero-order valence-corrected chi connectivity index (χ0v) is 18.9. The number of pyridine rings is 1. The summed E-state index contributed by atoms with van der Waals surface area (Å²) in [6.45, 7) is 9.36. The van der Waals surface area contributed by atoms with E-state index in [9.17, 15) is 13.2 Å². The van der Waals surface area contributed by atoms with Crippen LogP contribution in [0.2, 0.25) is 5.02 Å². The molecule has 3 rings (SSSR count). The highest BCUT2D eigenvalue weighted by Gasteiger charge is 2.17. The molecule has 0 aliphatic rings. The van der Waals surface area contributed by atoms with Crippen LogP contribution in [-0.2, 0) is 10.0 Å². The van der Waals surface area contributed by atoms with Crippen molar-refractivity contribution in [3.63, 3.8) is 0 Å². The van der Waals surface area contributed by atoms with Gasteiger partial charge in [0.1, 0.15) is 11.5 Å². The molecule has 1 heterocycles. The molecular weight excluding hydrogens is 454 g/mol. The average Bonchev–Trinajstić information content (AvgIpc) is 2.75. The summed E-state index contributed by atoms with van der Waals surface area (Å²) >= 11 is 6.13. The van der Waals surface area contributed by atoms with Crippen LogP contribution in [0.5, 0.6) is 17.4 Å². The zero-order chi connectivity index (χ0) is 23.5. The molecule has 32 heavy (non-hydrogen) atoms. The molecule has 0 saturated heterocycles. The summed E-state index contributed by atoms with van der Waals surface area (Å²) in [5.41, 5.74) is 2.28. The van der Waals surface area contributed by atoms with Gasteiger partial charge in [-0.2, -0.15) is 0 Å². The van der Waals surface area contributed by atoms with E-state index >= 15 is 0 Å². The average molecular weight is 472 g/mol. The number of hydrogen-bond acceptors (Lipinski definition) is 6. The Balaban J connectivity index is 1.95. The van der Waals surface area contributed by atoms with Gasteiger partial charge in [0.2, 0.25) is 21.6 Å². The maximum absolute atomic E-state index is 12.1. The molecule has 0 saturated carbocycles. The van der Waals surface area contributed by atoms with E-state index < -0.39 is 15.9 Å². The highest BCUT2D eigenvalue weighted by molar-refractivity contribution is 7.89. The van der Waals surface area contributed by atoms with Crippen molar-refractivity contribution in [2.45, 2.75) is 6.92 Å².